The van der Waals surface area contributed by atoms with Crippen LogP contribution in [0.25, 0.3) is 0 Å². The summed E-state index contributed by atoms with van der Waals surface area (Å²) in [5, 5.41) is 9.53. The molecule has 6 rings (SSSR count). The lowest BCUT2D eigenvalue weighted by Crippen LogP contribution is -2.60. The molecular weight excluding hydrogens is 506 g/mol. The molecule has 0 saturated heterocycles. The second-order valence-electron chi connectivity index (χ2n) is 14.5. The summed E-state index contributed by atoms with van der Waals surface area (Å²) in [6.45, 7) is 6.82. The van der Waals surface area contributed by atoms with E-state index in [-0.39, 0.29) is 24.2 Å². The fraction of sp³-hybridized carbons (Fsp3) is 0.676. The standard InChI is InChI=1S/C37H53NO3/c1-36-20-19-29(40-24-26-10-5-3-6-11-26)22-28(36)15-16-30-31-17-18-32(34(38)14-9-21-39)37(31,2)35(23-33(30)36)41-25-27-12-7-4-8-13-27/h3-8,10-13,28-35,39H,9,14-25,38H2,1-2H3/t28-,29-,30+,31+,32-,33+,34-,35+,36+,37+/m1/s1. The molecule has 41 heavy (non-hydrogen) atoms. The van der Waals surface area contributed by atoms with Crippen LogP contribution in [0.3, 0.4) is 0 Å². The van der Waals surface area contributed by atoms with E-state index >= 15 is 0 Å². The summed E-state index contributed by atoms with van der Waals surface area (Å²) >= 11 is 0. The van der Waals surface area contributed by atoms with Gasteiger partial charge >= 0.3 is 0 Å². The van der Waals surface area contributed by atoms with Crippen LogP contribution < -0.4 is 5.73 Å². The molecule has 0 amide bonds. The minimum Gasteiger partial charge on any atom is -0.396 e. The number of nitrogens with two attached hydrogens (primary N) is 1. The maximum absolute atomic E-state index is 9.53. The van der Waals surface area contributed by atoms with E-state index in [0.29, 0.717) is 35.9 Å². The quantitative estimate of drug-likeness (QED) is 0.316. The highest BCUT2D eigenvalue weighted by Gasteiger charge is 2.64. The van der Waals surface area contributed by atoms with Crippen LogP contribution in [0.5, 0.6) is 0 Å². The van der Waals surface area contributed by atoms with Crippen molar-refractivity contribution in [2.75, 3.05) is 6.61 Å². The topological polar surface area (TPSA) is 64.7 Å². The van der Waals surface area contributed by atoms with Gasteiger partial charge in [-0.15, -0.1) is 0 Å². The van der Waals surface area contributed by atoms with Crippen molar-refractivity contribution in [3.63, 3.8) is 0 Å². The summed E-state index contributed by atoms with van der Waals surface area (Å²) in [7, 11) is 0. The average Bonchev–Trinajstić information content (AvgIpc) is 3.37. The Kier molecular flexibility index (Phi) is 8.94. The fourth-order valence-corrected chi connectivity index (χ4v) is 10.4. The van der Waals surface area contributed by atoms with E-state index in [1.54, 1.807) is 0 Å². The van der Waals surface area contributed by atoms with E-state index in [1.807, 2.05) is 0 Å². The van der Waals surface area contributed by atoms with Crippen LogP contribution in [0.2, 0.25) is 0 Å². The number of rotatable bonds is 10. The molecule has 3 N–H and O–H groups in total. The molecule has 4 saturated carbocycles. The molecule has 0 aliphatic heterocycles. The Labute approximate surface area is 248 Å². The Morgan fingerprint density at radius 2 is 1.51 bits per heavy atom. The predicted molar refractivity (Wildman–Crippen MR) is 165 cm³/mol. The van der Waals surface area contributed by atoms with Crippen molar-refractivity contribution in [2.45, 2.75) is 110 Å². The Morgan fingerprint density at radius 3 is 2.20 bits per heavy atom. The molecule has 4 fully saturated rings. The lowest BCUT2D eigenvalue weighted by Gasteiger charge is -2.63. The number of ether oxygens (including phenoxy) is 2. The first kappa shape index (κ1) is 29.4. The third-order valence-corrected chi connectivity index (χ3v) is 12.6. The lowest BCUT2D eigenvalue weighted by atomic mass is 9.44. The van der Waals surface area contributed by atoms with E-state index in [4.69, 9.17) is 15.2 Å². The second-order valence-corrected chi connectivity index (χ2v) is 14.5. The molecule has 4 nitrogen and oxygen atoms in total. The summed E-state index contributed by atoms with van der Waals surface area (Å²) in [6.07, 6.45) is 12.3. The molecule has 2 aromatic rings. The largest absolute Gasteiger partial charge is 0.396 e. The maximum atomic E-state index is 9.53. The Morgan fingerprint density at radius 1 is 0.829 bits per heavy atom. The zero-order valence-corrected chi connectivity index (χ0v) is 25.4. The summed E-state index contributed by atoms with van der Waals surface area (Å²) in [4.78, 5) is 0. The molecule has 0 spiro atoms. The van der Waals surface area contributed by atoms with E-state index in [9.17, 15) is 5.11 Å². The number of hydrogen-bond acceptors (Lipinski definition) is 4. The number of aliphatic hydroxyl groups is 1. The van der Waals surface area contributed by atoms with Crippen molar-refractivity contribution < 1.29 is 14.6 Å². The highest BCUT2D eigenvalue weighted by Crippen LogP contribution is 2.68. The molecular formula is C37H53NO3. The lowest BCUT2D eigenvalue weighted by molar-refractivity contribution is -0.194. The van der Waals surface area contributed by atoms with Crippen molar-refractivity contribution in [1.82, 2.24) is 0 Å². The fourth-order valence-electron chi connectivity index (χ4n) is 10.4. The zero-order chi connectivity index (χ0) is 28.5. The monoisotopic (exact) mass is 559 g/mol. The van der Waals surface area contributed by atoms with Crippen LogP contribution in [0.15, 0.2) is 60.7 Å². The van der Waals surface area contributed by atoms with Crippen LogP contribution >= 0.6 is 0 Å². The van der Waals surface area contributed by atoms with Gasteiger partial charge in [0.2, 0.25) is 0 Å². The van der Waals surface area contributed by atoms with Gasteiger partial charge in [0.25, 0.3) is 0 Å². The molecule has 0 aromatic heterocycles. The van der Waals surface area contributed by atoms with Gasteiger partial charge in [-0.1, -0.05) is 74.5 Å². The number of hydrogen-bond donors (Lipinski definition) is 2. The predicted octanol–water partition coefficient (Wildman–Crippen LogP) is 7.53. The molecule has 4 aliphatic carbocycles. The average molecular weight is 560 g/mol. The normalized spacial score (nSPS) is 39.0. The third kappa shape index (κ3) is 5.67. The molecule has 10 atom stereocenters. The van der Waals surface area contributed by atoms with Gasteiger partial charge in [0.15, 0.2) is 0 Å². The third-order valence-electron chi connectivity index (χ3n) is 12.6. The molecule has 0 unspecified atom stereocenters. The summed E-state index contributed by atoms with van der Waals surface area (Å²) in [6, 6.07) is 21.5. The molecule has 4 aliphatic rings. The van der Waals surface area contributed by atoms with E-state index in [0.717, 1.165) is 37.7 Å². The molecule has 0 heterocycles. The summed E-state index contributed by atoms with van der Waals surface area (Å²) in [5.41, 5.74) is 9.94. The molecule has 2 aromatic carbocycles. The van der Waals surface area contributed by atoms with E-state index < -0.39 is 0 Å². The highest BCUT2D eigenvalue weighted by atomic mass is 16.5. The minimum absolute atomic E-state index is 0.101. The number of fused-ring (bicyclic) bond motifs is 5. The van der Waals surface area contributed by atoms with Gasteiger partial charge in [0.1, 0.15) is 0 Å². The molecule has 4 heteroatoms. The van der Waals surface area contributed by atoms with Gasteiger partial charge in [0.05, 0.1) is 25.4 Å². The second kappa shape index (κ2) is 12.5. The SMILES string of the molecule is C[C@]12CC[C@@H](OCc3ccccc3)C[C@H]1CC[C@@H]1[C@@H]2C[C@H](OCc2ccccc2)[C@]2(C)[C@@H]([C@H](N)CCCO)CC[C@@H]12. The van der Waals surface area contributed by atoms with Crippen molar-refractivity contribution in [3.05, 3.63) is 71.8 Å². The Balaban J connectivity index is 1.21. The first-order chi connectivity index (χ1) is 19.9. The van der Waals surface area contributed by atoms with Gasteiger partial charge in [-0.05, 0) is 110 Å². The van der Waals surface area contributed by atoms with Gasteiger partial charge in [-0.25, -0.2) is 0 Å². The number of benzene rings is 2. The first-order valence-electron chi connectivity index (χ1n) is 16.6. The van der Waals surface area contributed by atoms with Crippen LogP contribution in [0.4, 0.5) is 0 Å². The van der Waals surface area contributed by atoms with Crippen molar-refractivity contribution >= 4 is 0 Å². The van der Waals surface area contributed by atoms with Crippen molar-refractivity contribution in [1.29, 1.82) is 0 Å². The van der Waals surface area contributed by atoms with E-state index in [1.165, 1.54) is 56.1 Å². The van der Waals surface area contributed by atoms with Crippen LogP contribution in [-0.2, 0) is 22.7 Å². The van der Waals surface area contributed by atoms with Crippen molar-refractivity contribution in [2.24, 2.45) is 46.2 Å². The van der Waals surface area contributed by atoms with Crippen LogP contribution in [0, 0.1) is 40.4 Å². The summed E-state index contributed by atoms with van der Waals surface area (Å²) in [5.74, 6) is 3.36. The smallest absolute Gasteiger partial charge is 0.0720 e. The maximum Gasteiger partial charge on any atom is 0.0720 e. The summed E-state index contributed by atoms with van der Waals surface area (Å²) < 4.78 is 13.5. The molecule has 224 valence electrons. The minimum atomic E-state index is 0.101. The Hall–Kier alpha value is -1.72. The molecule has 0 bridgehead atoms. The van der Waals surface area contributed by atoms with Gasteiger partial charge in [-0.3, -0.25) is 0 Å². The van der Waals surface area contributed by atoms with Gasteiger partial charge in [0, 0.05) is 18.1 Å². The zero-order valence-electron chi connectivity index (χ0n) is 25.4. The van der Waals surface area contributed by atoms with Crippen LogP contribution in [0.1, 0.15) is 89.2 Å². The number of aliphatic hydroxyl groups excluding tert-OH is 1. The van der Waals surface area contributed by atoms with Gasteiger partial charge in [-0.2, -0.15) is 0 Å². The van der Waals surface area contributed by atoms with Crippen molar-refractivity contribution in [3.8, 4) is 0 Å². The van der Waals surface area contributed by atoms with Crippen LogP contribution in [-0.4, -0.2) is 30.0 Å². The Bertz CT molecular complexity index is 1110. The highest BCUT2D eigenvalue weighted by molar-refractivity contribution is 5.17. The first-order valence-corrected chi connectivity index (χ1v) is 16.6. The van der Waals surface area contributed by atoms with Gasteiger partial charge < -0.3 is 20.3 Å². The van der Waals surface area contributed by atoms with E-state index in [2.05, 4.69) is 74.5 Å². The molecule has 0 radical (unpaired) electrons.